The summed E-state index contributed by atoms with van der Waals surface area (Å²) in [5.41, 5.74) is 2.32. The fraction of sp³-hybridized carbons (Fsp3) is 0.429. The van der Waals surface area contributed by atoms with E-state index >= 15 is 0 Å². The molecule has 0 saturated heterocycles. The molecule has 0 aliphatic carbocycles. The van der Waals surface area contributed by atoms with Crippen molar-refractivity contribution in [2.45, 2.75) is 32.9 Å². The molecule has 0 unspecified atom stereocenters. The Balaban J connectivity index is 2.06. The third kappa shape index (κ3) is 3.47. The zero-order valence-corrected chi connectivity index (χ0v) is 11.7. The highest BCUT2D eigenvalue weighted by atomic mass is 16.6. The number of carbonyl (C=O) groups is 1. The van der Waals surface area contributed by atoms with Gasteiger partial charge in [-0.15, -0.1) is 0 Å². The zero-order valence-electron chi connectivity index (χ0n) is 11.7. The molecule has 2 aromatic rings. The molecule has 0 fully saturated rings. The highest BCUT2D eigenvalue weighted by molar-refractivity contribution is 5.76. The summed E-state index contributed by atoms with van der Waals surface area (Å²) in [6.45, 7) is 6.02. The Kier molecular flexibility index (Phi) is 3.46. The van der Waals surface area contributed by atoms with Crippen molar-refractivity contribution in [2.24, 2.45) is 0 Å². The van der Waals surface area contributed by atoms with Gasteiger partial charge in [0.2, 0.25) is 0 Å². The summed E-state index contributed by atoms with van der Waals surface area (Å²) in [7, 11) is 1.72. The summed E-state index contributed by atoms with van der Waals surface area (Å²) < 4.78 is 5.30. The minimum atomic E-state index is -0.479. The van der Waals surface area contributed by atoms with E-state index in [9.17, 15) is 4.79 Å². The summed E-state index contributed by atoms with van der Waals surface area (Å²) in [6.07, 6.45) is 1.41. The van der Waals surface area contributed by atoms with E-state index in [-0.39, 0.29) is 6.09 Å². The molecule has 1 N–H and O–H groups in total. The molecule has 0 radical (unpaired) electrons. The van der Waals surface area contributed by atoms with Gasteiger partial charge in [0.05, 0.1) is 17.6 Å². The van der Waals surface area contributed by atoms with Crippen LogP contribution in [-0.2, 0) is 11.3 Å². The van der Waals surface area contributed by atoms with Gasteiger partial charge in [-0.1, -0.05) is 0 Å². The zero-order chi connectivity index (χ0) is 14.0. The molecule has 102 valence electrons. The number of hydrogen-bond donors (Lipinski definition) is 1. The van der Waals surface area contributed by atoms with Gasteiger partial charge in [-0.3, -0.25) is 4.98 Å². The van der Waals surface area contributed by atoms with Crippen LogP contribution in [0.1, 0.15) is 26.5 Å². The quantitative estimate of drug-likeness (QED) is 0.904. The number of hydrogen-bond acceptors (Lipinski definition) is 3. The summed E-state index contributed by atoms with van der Waals surface area (Å²) in [5, 5.41) is 0. The maximum atomic E-state index is 11.9. The fourth-order valence-corrected chi connectivity index (χ4v) is 1.76. The van der Waals surface area contributed by atoms with E-state index in [1.54, 1.807) is 13.2 Å². The van der Waals surface area contributed by atoms with Crippen molar-refractivity contribution in [3.63, 3.8) is 0 Å². The minimum absolute atomic E-state index is 0.334. The number of ether oxygens (including phenoxy) is 1. The second-order valence-electron chi connectivity index (χ2n) is 5.57. The van der Waals surface area contributed by atoms with E-state index < -0.39 is 5.60 Å². The molecular formula is C14H19N3O2. The second kappa shape index (κ2) is 4.91. The first-order valence-corrected chi connectivity index (χ1v) is 6.22. The van der Waals surface area contributed by atoms with Crippen molar-refractivity contribution >= 4 is 17.1 Å². The van der Waals surface area contributed by atoms with Crippen LogP contribution in [0, 0.1) is 0 Å². The van der Waals surface area contributed by atoms with Crippen LogP contribution in [0.3, 0.4) is 0 Å². The van der Waals surface area contributed by atoms with E-state index in [2.05, 4.69) is 9.97 Å². The van der Waals surface area contributed by atoms with Crippen LogP contribution in [0.25, 0.3) is 11.0 Å². The Morgan fingerprint density at radius 2 is 2.21 bits per heavy atom. The van der Waals surface area contributed by atoms with Crippen molar-refractivity contribution in [3.05, 3.63) is 30.1 Å². The molecule has 0 atom stereocenters. The van der Waals surface area contributed by atoms with Crippen LogP contribution < -0.4 is 0 Å². The smallest absolute Gasteiger partial charge is 0.410 e. The third-order valence-electron chi connectivity index (χ3n) is 2.56. The number of aromatic amines is 1. The highest BCUT2D eigenvalue weighted by Gasteiger charge is 2.20. The van der Waals surface area contributed by atoms with Crippen LogP contribution in [0.4, 0.5) is 4.79 Å². The first-order valence-electron chi connectivity index (χ1n) is 6.22. The molecule has 0 aliphatic rings. The maximum absolute atomic E-state index is 11.9. The first-order chi connectivity index (χ1) is 8.85. The lowest BCUT2D eigenvalue weighted by Gasteiger charge is -2.24. The predicted octanol–water partition coefficient (Wildman–Crippen LogP) is 2.93. The molecule has 2 heterocycles. The number of pyridine rings is 1. The van der Waals surface area contributed by atoms with Crippen molar-refractivity contribution < 1.29 is 9.53 Å². The standard InChI is InChI=1S/C14H19N3O2/c1-14(2,3)19-13(18)17(4)9-10-8-12-11(16-10)6-5-7-15-12/h5-8,16H,9H2,1-4H3. The number of nitrogens with one attached hydrogen (secondary N) is 1. The molecule has 0 bridgehead atoms. The van der Waals surface area contributed by atoms with Gasteiger partial charge in [-0.05, 0) is 39.0 Å². The lowest BCUT2D eigenvalue weighted by Crippen LogP contribution is -2.33. The summed E-state index contributed by atoms with van der Waals surface area (Å²) in [5.74, 6) is 0. The van der Waals surface area contributed by atoms with Gasteiger partial charge >= 0.3 is 6.09 Å². The lowest BCUT2D eigenvalue weighted by molar-refractivity contribution is 0.0283. The van der Waals surface area contributed by atoms with Crippen LogP contribution in [0.15, 0.2) is 24.4 Å². The van der Waals surface area contributed by atoms with E-state index in [4.69, 9.17) is 4.74 Å². The topological polar surface area (TPSA) is 58.2 Å². The Labute approximate surface area is 112 Å². The highest BCUT2D eigenvalue weighted by Crippen LogP contribution is 2.15. The number of carbonyl (C=O) groups excluding carboxylic acids is 1. The normalized spacial score (nSPS) is 11.6. The van der Waals surface area contributed by atoms with E-state index in [0.29, 0.717) is 6.54 Å². The number of fused-ring (bicyclic) bond motifs is 1. The Hall–Kier alpha value is -2.04. The Morgan fingerprint density at radius 3 is 2.84 bits per heavy atom. The molecule has 2 rings (SSSR count). The SMILES string of the molecule is CN(Cc1cc2ncccc2[nH]1)C(=O)OC(C)(C)C. The summed E-state index contributed by atoms with van der Waals surface area (Å²) >= 11 is 0. The summed E-state index contributed by atoms with van der Waals surface area (Å²) in [6, 6.07) is 5.77. The fourth-order valence-electron chi connectivity index (χ4n) is 1.76. The van der Waals surface area contributed by atoms with Gasteiger partial charge < -0.3 is 14.6 Å². The summed E-state index contributed by atoms with van der Waals surface area (Å²) in [4.78, 5) is 20.9. The van der Waals surface area contributed by atoms with E-state index in [1.165, 1.54) is 4.90 Å². The molecular weight excluding hydrogens is 242 g/mol. The van der Waals surface area contributed by atoms with Gasteiger partial charge in [0.1, 0.15) is 5.60 Å². The van der Waals surface area contributed by atoms with E-state index in [1.807, 2.05) is 39.0 Å². The average molecular weight is 261 g/mol. The van der Waals surface area contributed by atoms with Crippen molar-refractivity contribution in [3.8, 4) is 0 Å². The molecule has 0 aliphatic heterocycles. The second-order valence-corrected chi connectivity index (χ2v) is 5.57. The number of H-pyrrole nitrogens is 1. The minimum Gasteiger partial charge on any atom is -0.444 e. The van der Waals surface area contributed by atoms with Gasteiger partial charge in [0.15, 0.2) is 0 Å². The molecule has 0 spiro atoms. The molecule has 2 aromatic heterocycles. The average Bonchev–Trinajstić information content (AvgIpc) is 2.68. The van der Waals surface area contributed by atoms with Gasteiger partial charge in [0, 0.05) is 18.9 Å². The predicted molar refractivity (Wildman–Crippen MR) is 73.8 cm³/mol. The van der Waals surface area contributed by atoms with Crippen molar-refractivity contribution in [2.75, 3.05) is 7.05 Å². The Morgan fingerprint density at radius 1 is 1.47 bits per heavy atom. The first kappa shape index (κ1) is 13.4. The van der Waals surface area contributed by atoms with Gasteiger partial charge in [0.25, 0.3) is 0 Å². The molecule has 1 amide bonds. The largest absolute Gasteiger partial charge is 0.444 e. The number of nitrogens with zero attached hydrogens (tertiary/aromatic N) is 2. The van der Waals surface area contributed by atoms with Crippen molar-refractivity contribution in [1.82, 2.24) is 14.9 Å². The van der Waals surface area contributed by atoms with Gasteiger partial charge in [-0.25, -0.2) is 4.79 Å². The maximum Gasteiger partial charge on any atom is 0.410 e. The lowest BCUT2D eigenvalue weighted by atomic mass is 10.2. The van der Waals surface area contributed by atoms with Crippen LogP contribution in [0.2, 0.25) is 0 Å². The number of aromatic nitrogens is 2. The number of rotatable bonds is 2. The van der Waals surface area contributed by atoms with Gasteiger partial charge in [-0.2, -0.15) is 0 Å². The molecule has 19 heavy (non-hydrogen) atoms. The Bertz CT molecular complexity index is 551. The van der Waals surface area contributed by atoms with Crippen LogP contribution in [-0.4, -0.2) is 33.6 Å². The number of amides is 1. The van der Waals surface area contributed by atoms with Crippen LogP contribution >= 0.6 is 0 Å². The third-order valence-corrected chi connectivity index (χ3v) is 2.56. The molecule has 0 aromatic carbocycles. The monoisotopic (exact) mass is 261 g/mol. The van der Waals surface area contributed by atoms with Crippen LogP contribution in [0.5, 0.6) is 0 Å². The molecule has 5 heteroatoms. The van der Waals surface area contributed by atoms with Crippen molar-refractivity contribution in [1.29, 1.82) is 0 Å². The molecule has 0 saturated carbocycles. The van der Waals surface area contributed by atoms with E-state index in [0.717, 1.165) is 16.7 Å². The molecule has 5 nitrogen and oxygen atoms in total.